The first-order chi connectivity index (χ1) is 16.0. The minimum atomic E-state index is -0.304. The standard InChI is InChI=1S/C27H27FN2O2S/c1-20-15-16-33-25(20)18-29(17-22-7-10-23(28)11-8-22)27(32)19-30(24-12-13-24)26(31)14-9-21-5-3-2-4-6-21/h2-11,14-16,24H,12-13,17-19H2,1H3. The van der Waals surface area contributed by atoms with E-state index in [2.05, 4.69) is 0 Å². The predicted octanol–water partition coefficient (Wildman–Crippen LogP) is 5.43. The first kappa shape index (κ1) is 22.9. The number of halogens is 1. The van der Waals surface area contributed by atoms with Crippen LogP contribution in [0.1, 0.15) is 34.4 Å². The van der Waals surface area contributed by atoms with Crippen molar-refractivity contribution in [2.24, 2.45) is 0 Å². The molecule has 1 aliphatic rings. The molecule has 0 radical (unpaired) electrons. The van der Waals surface area contributed by atoms with Gasteiger partial charge in [-0.2, -0.15) is 0 Å². The molecule has 0 atom stereocenters. The van der Waals surface area contributed by atoms with E-state index in [1.54, 1.807) is 45.4 Å². The quantitative estimate of drug-likeness (QED) is 0.398. The average molecular weight is 463 g/mol. The van der Waals surface area contributed by atoms with Gasteiger partial charge in [-0.15, -0.1) is 11.3 Å². The maximum absolute atomic E-state index is 13.4. The molecule has 0 spiro atoms. The van der Waals surface area contributed by atoms with Gasteiger partial charge in [0.15, 0.2) is 0 Å². The van der Waals surface area contributed by atoms with Gasteiger partial charge in [-0.05, 0) is 66.1 Å². The monoisotopic (exact) mass is 462 g/mol. The van der Waals surface area contributed by atoms with Crippen LogP contribution in [0.25, 0.3) is 6.08 Å². The first-order valence-electron chi connectivity index (χ1n) is 11.1. The summed E-state index contributed by atoms with van der Waals surface area (Å²) in [6.45, 7) is 2.89. The van der Waals surface area contributed by atoms with Crippen LogP contribution >= 0.6 is 11.3 Å². The molecule has 2 amide bonds. The van der Waals surface area contributed by atoms with E-state index in [4.69, 9.17) is 0 Å². The zero-order valence-electron chi connectivity index (χ0n) is 18.6. The Balaban J connectivity index is 1.49. The Bertz CT molecular complexity index is 1120. The van der Waals surface area contributed by atoms with Gasteiger partial charge in [0.1, 0.15) is 12.4 Å². The first-order valence-corrected chi connectivity index (χ1v) is 12.0. The van der Waals surface area contributed by atoms with E-state index in [9.17, 15) is 14.0 Å². The minimum Gasteiger partial charge on any atom is -0.332 e. The molecule has 1 saturated carbocycles. The molecule has 1 aliphatic carbocycles. The molecule has 170 valence electrons. The molecule has 0 bridgehead atoms. The van der Waals surface area contributed by atoms with Crippen molar-refractivity contribution >= 4 is 29.2 Å². The van der Waals surface area contributed by atoms with E-state index in [-0.39, 0.29) is 30.2 Å². The molecule has 4 rings (SSSR count). The molecule has 33 heavy (non-hydrogen) atoms. The van der Waals surface area contributed by atoms with Crippen molar-refractivity contribution in [2.45, 2.75) is 38.9 Å². The maximum Gasteiger partial charge on any atom is 0.247 e. The van der Waals surface area contributed by atoms with Gasteiger partial charge in [0.2, 0.25) is 11.8 Å². The second-order valence-electron chi connectivity index (χ2n) is 8.34. The van der Waals surface area contributed by atoms with Gasteiger partial charge in [0, 0.05) is 23.5 Å². The number of nitrogens with zero attached hydrogens (tertiary/aromatic N) is 2. The lowest BCUT2D eigenvalue weighted by Crippen LogP contribution is -2.43. The van der Waals surface area contributed by atoms with Crippen molar-refractivity contribution in [3.63, 3.8) is 0 Å². The summed E-state index contributed by atoms with van der Waals surface area (Å²) in [7, 11) is 0. The minimum absolute atomic E-state index is 0.0360. The fourth-order valence-electron chi connectivity index (χ4n) is 3.63. The van der Waals surface area contributed by atoms with Crippen LogP contribution in [-0.4, -0.2) is 34.2 Å². The summed E-state index contributed by atoms with van der Waals surface area (Å²) in [6.07, 6.45) is 5.17. The summed E-state index contributed by atoms with van der Waals surface area (Å²) >= 11 is 1.61. The van der Waals surface area contributed by atoms with Crippen molar-refractivity contribution in [2.75, 3.05) is 6.54 Å². The predicted molar refractivity (Wildman–Crippen MR) is 130 cm³/mol. The number of carbonyl (C=O) groups is 2. The van der Waals surface area contributed by atoms with E-state index in [1.165, 1.54) is 12.1 Å². The zero-order valence-corrected chi connectivity index (χ0v) is 19.4. The molecule has 1 fully saturated rings. The number of benzene rings is 2. The Morgan fingerprint density at radius 3 is 2.39 bits per heavy atom. The summed E-state index contributed by atoms with van der Waals surface area (Å²) in [4.78, 5) is 30.9. The Morgan fingerprint density at radius 1 is 1.03 bits per heavy atom. The molecule has 0 N–H and O–H groups in total. The third-order valence-corrected chi connectivity index (χ3v) is 6.74. The largest absolute Gasteiger partial charge is 0.332 e. The van der Waals surface area contributed by atoms with Crippen molar-refractivity contribution in [1.29, 1.82) is 0 Å². The molecule has 4 nitrogen and oxygen atoms in total. The van der Waals surface area contributed by atoms with E-state index in [0.717, 1.165) is 34.4 Å². The Kier molecular flexibility index (Phi) is 7.35. The van der Waals surface area contributed by atoms with Crippen molar-refractivity contribution in [1.82, 2.24) is 9.80 Å². The van der Waals surface area contributed by atoms with Crippen molar-refractivity contribution < 1.29 is 14.0 Å². The van der Waals surface area contributed by atoms with E-state index in [0.29, 0.717) is 13.1 Å². The van der Waals surface area contributed by atoms with Crippen LogP contribution < -0.4 is 0 Å². The number of amides is 2. The highest BCUT2D eigenvalue weighted by molar-refractivity contribution is 7.10. The van der Waals surface area contributed by atoms with Crippen LogP contribution in [0.4, 0.5) is 4.39 Å². The van der Waals surface area contributed by atoms with Gasteiger partial charge in [0.05, 0.1) is 6.54 Å². The lowest BCUT2D eigenvalue weighted by molar-refractivity contribution is -0.139. The second-order valence-corrected chi connectivity index (χ2v) is 9.35. The van der Waals surface area contributed by atoms with Crippen LogP contribution in [0.2, 0.25) is 0 Å². The Morgan fingerprint density at radius 2 is 1.76 bits per heavy atom. The number of rotatable bonds is 9. The van der Waals surface area contributed by atoms with Crippen molar-refractivity contribution in [3.8, 4) is 0 Å². The van der Waals surface area contributed by atoms with Gasteiger partial charge < -0.3 is 9.80 Å². The van der Waals surface area contributed by atoms with Crippen LogP contribution in [0.15, 0.2) is 72.1 Å². The molecular weight excluding hydrogens is 435 g/mol. The summed E-state index contributed by atoms with van der Waals surface area (Å²) in [5.74, 6) is -0.564. The molecule has 3 aromatic rings. The Labute approximate surface area is 198 Å². The third kappa shape index (κ3) is 6.39. The number of carbonyl (C=O) groups excluding carboxylic acids is 2. The molecule has 0 unspecified atom stereocenters. The van der Waals surface area contributed by atoms with E-state index >= 15 is 0 Å². The Hall–Kier alpha value is -3.25. The molecular formula is C27H27FN2O2S. The fraction of sp³-hybridized carbons (Fsp3) is 0.259. The topological polar surface area (TPSA) is 40.6 Å². The summed E-state index contributed by atoms with van der Waals surface area (Å²) in [5.41, 5.74) is 2.93. The smallest absolute Gasteiger partial charge is 0.247 e. The van der Waals surface area contributed by atoms with Gasteiger partial charge in [-0.1, -0.05) is 42.5 Å². The highest BCUT2D eigenvalue weighted by atomic mass is 32.1. The number of aryl methyl sites for hydroxylation is 1. The number of thiophene rings is 1. The lowest BCUT2D eigenvalue weighted by atomic mass is 10.2. The van der Waals surface area contributed by atoms with E-state index < -0.39 is 0 Å². The van der Waals surface area contributed by atoms with E-state index in [1.807, 2.05) is 48.7 Å². The molecule has 1 heterocycles. The van der Waals surface area contributed by atoms with Crippen molar-refractivity contribution in [3.05, 3.63) is 99.5 Å². The van der Waals surface area contributed by atoms with Gasteiger partial charge in [0.25, 0.3) is 0 Å². The normalized spacial score (nSPS) is 13.3. The highest BCUT2D eigenvalue weighted by Crippen LogP contribution is 2.28. The molecule has 1 aromatic heterocycles. The number of hydrogen-bond donors (Lipinski definition) is 0. The van der Waals surface area contributed by atoms with Gasteiger partial charge in [-0.25, -0.2) is 4.39 Å². The average Bonchev–Trinajstić information content (AvgIpc) is 3.59. The summed E-state index contributed by atoms with van der Waals surface area (Å²) < 4.78 is 13.4. The van der Waals surface area contributed by atoms with Crippen LogP contribution in [0, 0.1) is 12.7 Å². The number of hydrogen-bond acceptors (Lipinski definition) is 3. The summed E-state index contributed by atoms with van der Waals surface area (Å²) in [6, 6.07) is 18.0. The third-order valence-electron chi connectivity index (χ3n) is 5.74. The van der Waals surface area contributed by atoms with Crippen LogP contribution in [0.5, 0.6) is 0 Å². The van der Waals surface area contributed by atoms with Crippen LogP contribution in [-0.2, 0) is 22.7 Å². The maximum atomic E-state index is 13.4. The SMILES string of the molecule is Cc1ccsc1CN(Cc1ccc(F)cc1)C(=O)CN(C(=O)C=Cc1ccccc1)C1CC1. The highest BCUT2D eigenvalue weighted by Gasteiger charge is 2.34. The summed E-state index contributed by atoms with van der Waals surface area (Å²) in [5, 5.41) is 2.01. The van der Waals surface area contributed by atoms with Crippen LogP contribution in [0.3, 0.4) is 0 Å². The lowest BCUT2D eigenvalue weighted by Gasteiger charge is -2.27. The molecule has 2 aromatic carbocycles. The van der Waals surface area contributed by atoms with Gasteiger partial charge >= 0.3 is 0 Å². The zero-order chi connectivity index (χ0) is 23.2. The second kappa shape index (κ2) is 10.6. The van der Waals surface area contributed by atoms with Gasteiger partial charge in [-0.3, -0.25) is 9.59 Å². The molecule has 6 heteroatoms. The fourth-order valence-corrected chi connectivity index (χ4v) is 4.55. The molecule has 0 saturated heterocycles. The molecule has 0 aliphatic heterocycles.